The summed E-state index contributed by atoms with van der Waals surface area (Å²) in [6.07, 6.45) is 0. The molecule has 0 spiro atoms. The van der Waals surface area contributed by atoms with Gasteiger partial charge in [0.25, 0.3) is 10.1 Å². The predicted octanol–water partition coefficient (Wildman–Crippen LogP) is 2.47. The number of rotatable bonds is 7. The molecule has 0 saturated carbocycles. The molecule has 1 aromatic rings. The summed E-state index contributed by atoms with van der Waals surface area (Å²) in [6.45, 7) is 0.811. The molecule has 0 unspecified atom stereocenters. The lowest BCUT2D eigenvalue weighted by Gasteiger charge is -2.16. The van der Waals surface area contributed by atoms with Gasteiger partial charge >= 0.3 is 0 Å². The Balaban J connectivity index is 0.00000361. The van der Waals surface area contributed by atoms with Crippen LogP contribution in [0.25, 0.3) is 0 Å². The maximum Gasteiger partial charge on any atom is 0.265 e. The van der Waals surface area contributed by atoms with Crippen LogP contribution in [0.4, 0.5) is 0 Å². The first kappa shape index (κ1) is 20.1. The molecule has 0 aromatic heterocycles. The molecular weight excluding hydrogens is 393 g/mol. The highest BCUT2D eigenvalue weighted by Crippen LogP contribution is 2.26. The van der Waals surface area contributed by atoms with Crippen molar-refractivity contribution >= 4 is 50.1 Å². The van der Waals surface area contributed by atoms with Crippen LogP contribution in [0.5, 0.6) is 0 Å². The highest BCUT2D eigenvalue weighted by atomic mass is 79.9. The fourth-order valence-corrected chi connectivity index (χ4v) is 3.30. The zero-order chi connectivity index (χ0) is 14.5. The maximum atomic E-state index is 11.0. The highest BCUT2D eigenvalue weighted by Gasteiger charge is 2.20. The minimum absolute atomic E-state index is 0. The second-order valence-electron chi connectivity index (χ2n) is 4.01. The van der Waals surface area contributed by atoms with Crippen molar-refractivity contribution in [3.05, 3.63) is 33.3 Å². The lowest BCUT2D eigenvalue weighted by molar-refractivity contribution is 0.130. The van der Waals surface area contributed by atoms with E-state index in [4.69, 9.17) is 26.6 Å². The molecule has 3 N–H and O–H groups in total. The van der Waals surface area contributed by atoms with Crippen molar-refractivity contribution in [3.8, 4) is 0 Å². The molecule has 0 aliphatic rings. The van der Waals surface area contributed by atoms with Gasteiger partial charge in [-0.05, 0) is 23.8 Å². The van der Waals surface area contributed by atoms with E-state index in [1.807, 2.05) is 0 Å². The van der Waals surface area contributed by atoms with Crippen molar-refractivity contribution in [1.82, 2.24) is 0 Å². The first-order valence-corrected chi connectivity index (χ1v) is 8.29. The summed E-state index contributed by atoms with van der Waals surface area (Å²) < 4.78 is 37.1. The molecule has 0 bridgehead atoms. The predicted molar refractivity (Wildman–Crippen MR) is 85.4 cm³/mol. The van der Waals surface area contributed by atoms with Crippen molar-refractivity contribution in [2.75, 3.05) is 25.5 Å². The van der Waals surface area contributed by atoms with Crippen LogP contribution in [0, 0.1) is 0 Å². The van der Waals surface area contributed by atoms with Crippen LogP contribution < -0.4 is 5.73 Å². The van der Waals surface area contributed by atoms with Gasteiger partial charge in [-0.25, -0.2) is 0 Å². The number of ether oxygens (including phenoxy) is 1. The summed E-state index contributed by atoms with van der Waals surface area (Å²) in [7, 11) is -4.10. The Morgan fingerprint density at radius 3 is 2.55 bits per heavy atom. The van der Waals surface area contributed by atoms with Gasteiger partial charge in [0.2, 0.25) is 0 Å². The Labute approximate surface area is 138 Å². The highest BCUT2D eigenvalue weighted by molar-refractivity contribution is 9.10. The molecule has 5 nitrogen and oxygen atoms in total. The quantitative estimate of drug-likeness (QED) is 0.534. The third kappa shape index (κ3) is 7.78. The van der Waals surface area contributed by atoms with Crippen LogP contribution in [0.1, 0.15) is 11.5 Å². The van der Waals surface area contributed by atoms with Gasteiger partial charge < -0.3 is 10.5 Å². The standard InChI is InChI=1S/C11H15BrClNO4S.ClH/c12-10-3-8(4-11(13)5-10)9(6-18-2-1-14)7-19(15,16)17;/h3-5,9H,1-2,6-7,14H2,(H,15,16,17);1H/t9-;/m0./s1. The zero-order valence-corrected chi connectivity index (χ0v) is 14.4. The second kappa shape index (κ2) is 9.19. The Morgan fingerprint density at radius 2 is 2.05 bits per heavy atom. The first-order valence-electron chi connectivity index (χ1n) is 5.51. The van der Waals surface area contributed by atoms with Crippen LogP contribution in [0.3, 0.4) is 0 Å². The molecular formula is C11H16BrCl2NO4S. The fourth-order valence-electron chi connectivity index (χ4n) is 1.61. The Kier molecular flexibility index (Phi) is 9.24. The maximum absolute atomic E-state index is 11.0. The topological polar surface area (TPSA) is 89.6 Å². The Morgan fingerprint density at radius 1 is 1.40 bits per heavy atom. The van der Waals surface area contributed by atoms with Gasteiger partial charge in [-0.2, -0.15) is 8.42 Å². The monoisotopic (exact) mass is 407 g/mol. The van der Waals surface area contributed by atoms with Crippen LogP contribution >= 0.6 is 39.9 Å². The average molecular weight is 409 g/mol. The van der Waals surface area contributed by atoms with Gasteiger partial charge in [-0.3, -0.25) is 4.55 Å². The molecule has 0 aliphatic carbocycles. The Bertz CT molecular complexity index is 507. The van der Waals surface area contributed by atoms with Crippen molar-refractivity contribution in [2.24, 2.45) is 5.73 Å². The molecule has 1 atom stereocenters. The van der Waals surface area contributed by atoms with Crippen LogP contribution in [0.15, 0.2) is 22.7 Å². The minimum Gasteiger partial charge on any atom is -0.379 e. The van der Waals surface area contributed by atoms with Gasteiger partial charge in [0.05, 0.1) is 19.0 Å². The van der Waals surface area contributed by atoms with Crippen LogP contribution in [-0.2, 0) is 14.9 Å². The summed E-state index contributed by atoms with van der Waals surface area (Å²) in [6, 6.07) is 5.08. The van der Waals surface area contributed by atoms with Crippen LogP contribution in [0.2, 0.25) is 5.02 Å². The van der Waals surface area contributed by atoms with E-state index in [-0.39, 0.29) is 19.0 Å². The third-order valence-electron chi connectivity index (χ3n) is 2.35. The molecule has 0 heterocycles. The molecule has 1 aromatic carbocycles. The summed E-state index contributed by atoms with van der Waals surface area (Å²) in [4.78, 5) is 0. The molecule has 20 heavy (non-hydrogen) atoms. The van der Waals surface area contributed by atoms with E-state index in [1.165, 1.54) is 0 Å². The lowest BCUT2D eigenvalue weighted by atomic mass is 10.0. The van der Waals surface area contributed by atoms with Gasteiger partial charge in [0.1, 0.15) is 0 Å². The average Bonchev–Trinajstić information content (AvgIpc) is 2.25. The van der Waals surface area contributed by atoms with E-state index in [0.717, 1.165) is 4.47 Å². The SMILES string of the molecule is Cl.NCCOC[C@@H](CS(=O)(=O)O)c1cc(Cl)cc(Br)c1. The number of benzene rings is 1. The molecule has 0 amide bonds. The summed E-state index contributed by atoms with van der Waals surface area (Å²) in [5, 5.41) is 0.475. The van der Waals surface area contributed by atoms with Crippen molar-refractivity contribution in [2.45, 2.75) is 5.92 Å². The molecule has 9 heteroatoms. The molecule has 1 rings (SSSR count). The smallest absolute Gasteiger partial charge is 0.265 e. The zero-order valence-electron chi connectivity index (χ0n) is 10.5. The van der Waals surface area contributed by atoms with Gasteiger partial charge in [0, 0.05) is 22.0 Å². The van der Waals surface area contributed by atoms with Gasteiger partial charge in [-0.15, -0.1) is 12.4 Å². The normalized spacial score (nSPS) is 12.8. The van der Waals surface area contributed by atoms with Crippen molar-refractivity contribution in [1.29, 1.82) is 0 Å². The van der Waals surface area contributed by atoms with Crippen molar-refractivity contribution in [3.63, 3.8) is 0 Å². The first-order chi connectivity index (χ1) is 8.81. The minimum atomic E-state index is -4.10. The van der Waals surface area contributed by atoms with E-state index in [2.05, 4.69) is 15.9 Å². The van der Waals surface area contributed by atoms with E-state index in [1.54, 1.807) is 18.2 Å². The second-order valence-corrected chi connectivity index (χ2v) is 6.86. The molecule has 0 fully saturated rings. The number of hydrogen-bond donors (Lipinski definition) is 2. The largest absolute Gasteiger partial charge is 0.379 e. The molecule has 0 aliphatic heterocycles. The van der Waals surface area contributed by atoms with Gasteiger partial charge in [-0.1, -0.05) is 27.5 Å². The Hall–Kier alpha value is 0.110. The van der Waals surface area contributed by atoms with E-state index >= 15 is 0 Å². The molecule has 0 saturated heterocycles. The van der Waals surface area contributed by atoms with Crippen molar-refractivity contribution < 1.29 is 17.7 Å². The lowest BCUT2D eigenvalue weighted by Crippen LogP contribution is -2.20. The summed E-state index contributed by atoms with van der Waals surface area (Å²) in [5.74, 6) is -0.929. The summed E-state index contributed by atoms with van der Waals surface area (Å²) in [5.41, 5.74) is 5.98. The molecule has 0 radical (unpaired) electrons. The number of halogens is 3. The van der Waals surface area contributed by atoms with E-state index < -0.39 is 21.8 Å². The van der Waals surface area contributed by atoms with E-state index in [0.29, 0.717) is 23.7 Å². The number of nitrogens with two attached hydrogens (primary N) is 1. The van der Waals surface area contributed by atoms with Crippen LogP contribution in [-0.4, -0.2) is 38.5 Å². The fraction of sp³-hybridized carbons (Fsp3) is 0.455. The van der Waals surface area contributed by atoms with Gasteiger partial charge in [0.15, 0.2) is 0 Å². The summed E-state index contributed by atoms with van der Waals surface area (Å²) >= 11 is 9.21. The molecule has 116 valence electrons. The van der Waals surface area contributed by atoms with E-state index in [9.17, 15) is 8.42 Å². The number of hydrogen-bond acceptors (Lipinski definition) is 4. The third-order valence-corrected chi connectivity index (χ3v) is 3.85.